The quantitative estimate of drug-likeness (QED) is 0.742. The molecule has 2 N–H and O–H groups in total. The molecule has 1 heterocycles. The Kier molecular flexibility index (Phi) is 4.83. The second kappa shape index (κ2) is 6.17. The molecule has 0 aromatic carbocycles. The van der Waals surface area contributed by atoms with E-state index >= 15 is 0 Å². The van der Waals surface area contributed by atoms with Gasteiger partial charge in [-0.25, -0.2) is 0 Å². The average Bonchev–Trinajstić information content (AvgIpc) is 2.54. The first-order valence-electron chi connectivity index (χ1n) is 7.35. The van der Waals surface area contributed by atoms with E-state index in [1.54, 1.807) is 0 Å². The highest BCUT2D eigenvalue weighted by atomic mass is 15.3. The van der Waals surface area contributed by atoms with E-state index in [1.165, 1.54) is 45.2 Å². The van der Waals surface area contributed by atoms with Gasteiger partial charge in [0.1, 0.15) is 0 Å². The minimum absolute atomic E-state index is 0.590. The van der Waals surface area contributed by atoms with Crippen LogP contribution in [0.3, 0.4) is 0 Å². The highest BCUT2D eigenvalue weighted by Gasteiger charge is 2.30. The van der Waals surface area contributed by atoms with Crippen LogP contribution in [-0.4, -0.2) is 55.1 Å². The smallest absolute Gasteiger partial charge is 0.0349 e. The molecule has 1 aliphatic heterocycles. The normalized spacial score (nSPS) is 37.9. The second-order valence-corrected chi connectivity index (χ2v) is 6.16. The number of piperazine rings is 1. The lowest BCUT2D eigenvalue weighted by molar-refractivity contribution is 0.0496. The van der Waals surface area contributed by atoms with Crippen LogP contribution in [0, 0.1) is 5.92 Å². The number of nitrogens with two attached hydrogens (primary N) is 1. The zero-order valence-electron chi connectivity index (χ0n) is 11.6. The fourth-order valence-corrected chi connectivity index (χ4v) is 3.51. The highest BCUT2D eigenvalue weighted by Crippen LogP contribution is 2.27. The molecule has 0 aromatic heterocycles. The van der Waals surface area contributed by atoms with Crippen molar-refractivity contribution in [2.75, 3.05) is 33.2 Å². The molecule has 1 aliphatic carbocycles. The number of rotatable bonds is 2. The largest absolute Gasteiger partial charge is 0.329 e. The summed E-state index contributed by atoms with van der Waals surface area (Å²) in [6, 6.07) is 1.40. The lowest BCUT2D eigenvalue weighted by Crippen LogP contribution is -2.58. The molecule has 3 nitrogen and oxygen atoms in total. The van der Waals surface area contributed by atoms with Crippen LogP contribution in [0.1, 0.15) is 39.0 Å². The molecule has 0 radical (unpaired) electrons. The topological polar surface area (TPSA) is 32.5 Å². The summed E-state index contributed by atoms with van der Waals surface area (Å²) in [5, 5.41) is 0. The van der Waals surface area contributed by atoms with E-state index in [4.69, 9.17) is 5.73 Å². The van der Waals surface area contributed by atoms with Gasteiger partial charge < -0.3 is 10.6 Å². The Balaban J connectivity index is 1.94. The number of likely N-dealkylation sites (N-methyl/N-ethyl adjacent to an activating group) is 1. The standard InChI is InChI=1S/C14H29N3/c1-12-4-3-5-13(7-6-12)17-9-8-16(2)11-14(17)10-15/h12-14H,3-11,15H2,1-2H3. The Labute approximate surface area is 106 Å². The fraction of sp³-hybridized carbons (Fsp3) is 1.00. The molecule has 0 spiro atoms. The predicted molar refractivity (Wildman–Crippen MR) is 73.1 cm³/mol. The lowest BCUT2D eigenvalue weighted by Gasteiger charge is -2.44. The molecule has 100 valence electrons. The highest BCUT2D eigenvalue weighted by molar-refractivity contribution is 4.87. The Hall–Kier alpha value is -0.120. The van der Waals surface area contributed by atoms with Gasteiger partial charge in [-0.1, -0.05) is 19.8 Å². The zero-order chi connectivity index (χ0) is 12.3. The van der Waals surface area contributed by atoms with E-state index in [0.717, 1.165) is 25.0 Å². The van der Waals surface area contributed by atoms with E-state index < -0.39 is 0 Å². The molecule has 0 aromatic rings. The molecule has 3 heteroatoms. The van der Waals surface area contributed by atoms with Crippen LogP contribution in [0.5, 0.6) is 0 Å². The van der Waals surface area contributed by atoms with Gasteiger partial charge in [0.2, 0.25) is 0 Å². The maximum atomic E-state index is 5.96. The molecular weight excluding hydrogens is 210 g/mol. The molecule has 1 saturated carbocycles. The molecular formula is C14H29N3. The van der Waals surface area contributed by atoms with Crippen LogP contribution in [0.4, 0.5) is 0 Å². The minimum Gasteiger partial charge on any atom is -0.329 e. The van der Waals surface area contributed by atoms with Crippen molar-refractivity contribution >= 4 is 0 Å². The van der Waals surface area contributed by atoms with Crippen molar-refractivity contribution in [3.8, 4) is 0 Å². The van der Waals surface area contributed by atoms with Gasteiger partial charge >= 0.3 is 0 Å². The van der Waals surface area contributed by atoms with Crippen molar-refractivity contribution in [1.29, 1.82) is 0 Å². The maximum absolute atomic E-state index is 5.96. The van der Waals surface area contributed by atoms with Crippen molar-refractivity contribution in [3.63, 3.8) is 0 Å². The average molecular weight is 239 g/mol. The van der Waals surface area contributed by atoms with E-state index in [2.05, 4.69) is 23.8 Å². The first-order valence-corrected chi connectivity index (χ1v) is 7.35. The summed E-state index contributed by atoms with van der Waals surface area (Å²) < 4.78 is 0. The molecule has 2 fully saturated rings. The Bertz CT molecular complexity index is 232. The summed E-state index contributed by atoms with van der Waals surface area (Å²) in [4.78, 5) is 5.14. The SMILES string of the molecule is CC1CCCC(N2CCN(C)CC2CN)CC1. The first kappa shape index (κ1) is 13.3. The van der Waals surface area contributed by atoms with Crippen LogP contribution >= 0.6 is 0 Å². The Morgan fingerprint density at radius 1 is 1.12 bits per heavy atom. The van der Waals surface area contributed by atoms with Gasteiger partial charge in [0, 0.05) is 38.3 Å². The number of hydrogen-bond acceptors (Lipinski definition) is 3. The molecule has 2 rings (SSSR count). The van der Waals surface area contributed by atoms with Crippen molar-refractivity contribution < 1.29 is 0 Å². The minimum atomic E-state index is 0.590. The summed E-state index contributed by atoms with van der Waals surface area (Å²) in [5.74, 6) is 0.934. The van der Waals surface area contributed by atoms with Gasteiger partial charge in [0.15, 0.2) is 0 Å². The van der Waals surface area contributed by atoms with Crippen molar-refractivity contribution in [3.05, 3.63) is 0 Å². The lowest BCUT2D eigenvalue weighted by atomic mass is 10.0. The summed E-state index contributed by atoms with van der Waals surface area (Å²) >= 11 is 0. The molecule has 3 atom stereocenters. The molecule has 2 aliphatic rings. The predicted octanol–water partition coefficient (Wildman–Crippen LogP) is 1.53. The van der Waals surface area contributed by atoms with Crippen LogP contribution in [0.15, 0.2) is 0 Å². The Morgan fingerprint density at radius 2 is 1.94 bits per heavy atom. The summed E-state index contributed by atoms with van der Waals surface area (Å²) in [6.07, 6.45) is 7.03. The van der Waals surface area contributed by atoms with Crippen molar-refractivity contribution in [2.45, 2.75) is 51.1 Å². The zero-order valence-corrected chi connectivity index (χ0v) is 11.6. The van der Waals surface area contributed by atoms with Gasteiger partial charge in [-0.3, -0.25) is 4.90 Å². The molecule has 0 amide bonds. The van der Waals surface area contributed by atoms with Gasteiger partial charge in [-0.05, 0) is 32.2 Å². The third kappa shape index (κ3) is 3.43. The molecule has 0 bridgehead atoms. The van der Waals surface area contributed by atoms with Crippen LogP contribution in [0.2, 0.25) is 0 Å². The third-order valence-corrected chi connectivity index (χ3v) is 4.70. The third-order valence-electron chi connectivity index (χ3n) is 4.70. The van der Waals surface area contributed by atoms with Crippen molar-refractivity contribution in [1.82, 2.24) is 9.80 Å². The van der Waals surface area contributed by atoms with Crippen LogP contribution < -0.4 is 5.73 Å². The second-order valence-electron chi connectivity index (χ2n) is 6.16. The summed E-state index contributed by atoms with van der Waals surface area (Å²) in [5.41, 5.74) is 5.96. The van der Waals surface area contributed by atoms with E-state index in [9.17, 15) is 0 Å². The first-order chi connectivity index (χ1) is 8.20. The molecule has 1 saturated heterocycles. The summed E-state index contributed by atoms with van der Waals surface area (Å²) in [7, 11) is 2.22. The van der Waals surface area contributed by atoms with Crippen LogP contribution in [-0.2, 0) is 0 Å². The van der Waals surface area contributed by atoms with Gasteiger partial charge in [-0.2, -0.15) is 0 Å². The maximum Gasteiger partial charge on any atom is 0.0349 e. The molecule has 17 heavy (non-hydrogen) atoms. The fourth-order valence-electron chi connectivity index (χ4n) is 3.51. The van der Waals surface area contributed by atoms with Gasteiger partial charge in [0.25, 0.3) is 0 Å². The monoisotopic (exact) mass is 239 g/mol. The van der Waals surface area contributed by atoms with E-state index in [0.29, 0.717) is 6.04 Å². The van der Waals surface area contributed by atoms with Crippen LogP contribution in [0.25, 0.3) is 0 Å². The van der Waals surface area contributed by atoms with E-state index in [-0.39, 0.29) is 0 Å². The van der Waals surface area contributed by atoms with Gasteiger partial charge in [-0.15, -0.1) is 0 Å². The summed E-state index contributed by atoms with van der Waals surface area (Å²) in [6.45, 7) is 6.81. The number of nitrogens with zero attached hydrogens (tertiary/aromatic N) is 2. The van der Waals surface area contributed by atoms with Crippen molar-refractivity contribution in [2.24, 2.45) is 11.7 Å². The molecule has 3 unspecified atom stereocenters. The van der Waals surface area contributed by atoms with E-state index in [1.807, 2.05) is 0 Å². The number of hydrogen-bond donors (Lipinski definition) is 1. The van der Waals surface area contributed by atoms with Gasteiger partial charge in [0.05, 0.1) is 0 Å². The Morgan fingerprint density at radius 3 is 2.71 bits per heavy atom.